The summed E-state index contributed by atoms with van der Waals surface area (Å²) in [6.45, 7) is 2.14. The van der Waals surface area contributed by atoms with Crippen LogP contribution in [0.1, 0.15) is 35.2 Å². The van der Waals surface area contributed by atoms with Gasteiger partial charge in [0.05, 0.1) is 6.61 Å². The van der Waals surface area contributed by atoms with Crippen LogP contribution < -0.4 is 5.32 Å². The Morgan fingerprint density at radius 2 is 2.11 bits per heavy atom. The third kappa shape index (κ3) is 7.86. The molecule has 28 heavy (non-hydrogen) atoms. The summed E-state index contributed by atoms with van der Waals surface area (Å²) in [7, 11) is 0. The van der Waals surface area contributed by atoms with Gasteiger partial charge >= 0.3 is 12.1 Å². The number of pyridine rings is 1. The van der Waals surface area contributed by atoms with Crippen molar-refractivity contribution in [3.8, 4) is 0 Å². The number of carbonyl (C=O) groups is 2. The lowest BCUT2D eigenvalue weighted by Crippen LogP contribution is -2.24. The predicted molar refractivity (Wildman–Crippen MR) is 101 cm³/mol. The van der Waals surface area contributed by atoms with E-state index in [1.165, 1.54) is 11.6 Å². The number of hydrogen-bond donors (Lipinski definition) is 1. The summed E-state index contributed by atoms with van der Waals surface area (Å²) in [5.74, 6) is -0.328. The molecule has 2 heterocycles. The summed E-state index contributed by atoms with van der Waals surface area (Å²) in [6, 6.07) is 5.34. The zero-order chi connectivity index (χ0) is 20.0. The first-order valence-corrected chi connectivity index (χ1v) is 8.93. The van der Waals surface area contributed by atoms with Gasteiger partial charge in [-0.1, -0.05) is 35.5 Å². The second kappa shape index (κ2) is 12.1. The van der Waals surface area contributed by atoms with Crippen molar-refractivity contribution in [2.45, 2.75) is 26.4 Å². The van der Waals surface area contributed by atoms with Crippen LogP contribution in [0.3, 0.4) is 0 Å². The molecule has 0 saturated heterocycles. The van der Waals surface area contributed by atoms with E-state index in [1.807, 2.05) is 36.6 Å². The number of allylic oxidation sites excluding steroid dienone is 3. The van der Waals surface area contributed by atoms with Crippen molar-refractivity contribution >= 4 is 12.1 Å². The Kier molecular flexibility index (Phi) is 8.99. The average molecular weight is 385 g/mol. The summed E-state index contributed by atoms with van der Waals surface area (Å²) in [4.78, 5) is 27.1. The van der Waals surface area contributed by atoms with Crippen molar-refractivity contribution in [1.29, 1.82) is 0 Å². The molecule has 1 N–H and O–H groups in total. The zero-order valence-electron chi connectivity index (χ0n) is 15.7. The maximum atomic E-state index is 11.6. The first kappa shape index (κ1) is 20.9. The van der Waals surface area contributed by atoms with Crippen molar-refractivity contribution in [3.63, 3.8) is 0 Å². The molecule has 0 aliphatic carbocycles. The topological polar surface area (TPSA) is 104 Å². The molecular weight excluding hydrogens is 362 g/mol. The Morgan fingerprint density at radius 3 is 2.89 bits per heavy atom. The van der Waals surface area contributed by atoms with Crippen LogP contribution in [0.15, 0.2) is 59.4 Å². The number of nitrogens with zero attached hydrogens (tertiary/aromatic N) is 2. The highest BCUT2D eigenvalue weighted by Gasteiger charge is 2.14. The number of carbonyl (C=O) groups excluding carboxylic acids is 2. The number of rotatable bonds is 10. The molecule has 0 aromatic carbocycles. The highest BCUT2D eigenvalue weighted by atomic mass is 16.6. The molecule has 2 rings (SSSR count). The molecule has 8 heteroatoms. The fourth-order valence-electron chi connectivity index (χ4n) is 2.13. The van der Waals surface area contributed by atoms with Gasteiger partial charge in [-0.05, 0) is 31.4 Å². The Hall–Kier alpha value is -3.42. The Morgan fingerprint density at radius 1 is 1.25 bits per heavy atom. The van der Waals surface area contributed by atoms with Crippen molar-refractivity contribution in [2.24, 2.45) is 0 Å². The van der Waals surface area contributed by atoms with Gasteiger partial charge in [0.25, 0.3) is 0 Å². The molecule has 0 bridgehead atoms. The van der Waals surface area contributed by atoms with E-state index in [2.05, 4.69) is 15.5 Å². The molecule has 0 atom stereocenters. The van der Waals surface area contributed by atoms with Crippen LogP contribution in [0, 0.1) is 0 Å². The molecular formula is C20H23N3O5. The molecule has 0 unspecified atom stereocenters. The lowest BCUT2D eigenvalue weighted by atomic mass is 10.1. The lowest BCUT2D eigenvalue weighted by Gasteiger charge is -2.02. The first-order chi connectivity index (χ1) is 13.7. The highest BCUT2D eigenvalue weighted by Crippen LogP contribution is 2.06. The number of hydrogen-bond acceptors (Lipinski definition) is 7. The smallest absolute Gasteiger partial charge is 0.407 e. The summed E-state index contributed by atoms with van der Waals surface area (Å²) < 4.78 is 14.7. The van der Waals surface area contributed by atoms with Crippen molar-refractivity contribution in [1.82, 2.24) is 15.5 Å². The van der Waals surface area contributed by atoms with Gasteiger partial charge in [0.2, 0.25) is 0 Å². The van der Waals surface area contributed by atoms with Crippen molar-refractivity contribution in [3.05, 3.63) is 71.9 Å². The van der Waals surface area contributed by atoms with E-state index in [9.17, 15) is 9.59 Å². The van der Waals surface area contributed by atoms with Gasteiger partial charge in [-0.2, -0.15) is 0 Å². The number of amides is 1. The minimum absolute atomic E-state index is 0.0408. The number of nitrogens with one attached hydrogen (secondary N) is 1. The number of esters is 1. The molecule has 0 saturated carbocycles. The second-order valence-electron chi connectivity index (χ2n) is 5.61. The van der Waals surface area contributed by atoms with Crippen LogP contribution in [0.25, 0.3) is 0 Å². The van der Waals surface area contributed by atoms with E-state index >= 15 is 0 Å². The average Bonchev–Trinajstić information content (AvgIpc) is 3.18. The molecule has 1 amide bonds. The van der Waals surface area contributed by atoms with Crippen LogP contribution in [-0.2, 0) is 22.5 Å². The molecule has 0 fully saturated rings. The van der Waals surface area contributed by atoms with Gasteiger partial charge in [-0.3, -0.25) is 4.98 Å². The van der Waals surface area contributed by atoms with Gasteiger partial charge in [-0.15, -0.1) is 0 Å². The Labute approximate surface area is 163 Å². The van der Waals surface area contributed by atoms with E-state index in [4.69, 9.17) is 14.0 Å². The summed E-state index contributed by atoms with van der Waals surface area (Å²) in [5, 5.41) is 6.14. The van der Waals surface area contributed by atoms with Gasteiger partial charge in [0, 0.05) is 25.0 Å². The fourth-order valence-corrected chi connectivity index (χ4v) is 2.13. The Balaban J connectivity index is 1.57. The first-order valence-electron chi connectivity index (χ1n) is 8.93. The van der Waals surface area contributed by atoms with E-state index in [0.29, 0.717) is 6.54 Å². The highest BCUT2D eigenvalue weighted by molar-refractivity contribution is 5.87. The van der Waals surface area contributed by atoms with Crippen LogP contribution in [-0.4, -0.2) is 35.4 Å². The molecule has 0 radical (unpaired) electrons. The lowest BCUT2D eigenvalue weighted by molar-refractivity contribution is 0.0514. The van der Waals surface area contributed by atoms with Crippen LogP contribution in [0.5, 0.6) is 0 Å². The molecule has 2 aromatic rings. The Bertz CT molecular complexity index is 799. The van der Waals surface area contributed by atoms with Crippen LogP contribution >= 0.6 is 0 Å². The number of aryl methyl sites for hydroxylation is 1. The quantitative estimate of drug-likeness (QED) is 0.495. The fraction of sp³-hybridized carbons (Fsp3) is 0.300. The third-order valence-corrected chi connectivity index (χ3v) is 3.46. The maximum Gasteiger partial charge on any atom is 0.407 e. The van der Waals surface area contributed by atoms with Gasteiger partial charge in [0.1, 0.15) is 0 Å². The van der Waals surface area contributed by atoms with E-state index in [0.717, 1.165) is 12.8 Å². The minimum Gasteiger partial charge on any atom is -0.461 e. The van der Waals surface area contributed by atoms with Crippen molar-refractivity contribution in [2.75, 3.05) is 13.2 Å². The minimum atomic E-state index is -0.598. The van der Waals surface area contributed by atoms with Crippen molar-refractivity contribution < 1.29 is 23.6 Å². The maximum absolute atomic E-state index is 11.6. The number of alkyl carbamates (subject to hydrolysis) is 1. The summed E-state index contributed by atoms with van der Waals surface area (Å²) in [6.07, 6.45) is 12.5. The van der Waals surface area contributed by atoms with E-state index in [-0.39, 0.29) is 24.7 Å². The van der Waals surface area contributed by atoms with Crippen LogP contribution in [0.4, 0.5) is 4.79 Å². The van der Waals surface area contributed by atoms with E-state index in [1.54, 1.807) is 19.2 Å². The number of ether oxygens (including phenoxy) is 2. The zero-order valence-corrected chi connectivity index (χ0v) is 15.7. The van der Waals surface area contributed by atoms with Gasteiger partial charge in [0.15, 0.2) is 18.1 Å². The molecule has 0 spiro atoms. The molecule has 148 valence electrons. The molecule has 8 nitrogen and oxygen atoms in total. The standard InChI is InChI=1S/C20H23N3O5/c1-2-26-19(24)18-13-17(28-23-18)15-27-20(25)22-12-7-5-3-4-6-9-16-10-8-11-21-14-16/h3-5,7-8,10-11,13-14H,2,6,9,12,15H2,1H3,(H,22,25). The largest absolute Gasteiger partial charge is 0.461 e. The summed E-state index contributed by atoms with van der Waals surface area (Å²) in [5.41, 5.74) is 1.24. The van der Waals surface area contributed by atoms with Gasteiger partial charge < -0.3 is 19.3 Å². The van der Waals surface area contributed by atoms with Gasteiger partial charge in [-0.25, -0.2) is 9.59 Å². The normalized spacial score (nSPS) is 11.0. The van der Waals surface area contributed by atoms with Crippen LogP contribution in [0.2, 0.25) is 0 Å². The SMILES string of the molecule is CCOC(=O)c1cc(COC(=O)NCC=CC=CCCc2cccnc2)on1. The monoisotopic (exact) mass is 385 g/mol. The molecule has 0 aliphatic rings. The predicted octanol–water partition coefficient (Wildman–Crippen LogP) is 3.22. The van der Waals surface area contributed by atoms with E-state index < -0.39 is 12.1 Å². The third-order valence-electron chi connectivity index (χ3n) is 3.46. The summed E-state index contributed by atoms with van der Waals surface area (Å²) >= 11 is 0. The number of aromatic nitrogens is 2. The second-order valence-corrected chi connectivity index (χ2v) is 5.61. The molecule has 0 aliphatic heterocycles. The molecule has 2 aromatic heterocycles.